The molecule has 0 radical (unpaired) electrons. The summed E-state index contributed by atoms with van der Waals surface area (Å²) in [5, 5.41) is 0. The Labute approximate surface area is 82.6 Å². The fourth-order valence-corrected chi connectivity index (χ4v) is 1.07. The lowest BCUT2D eigenvalue weighted by Gasteiger charge is -2.15. The van der Waals surface area contributed by atoms with Gasteiger partial charge in [0.2, 0.25) is 0 Å². The Morgan fingerprint density at radius 2 is 1.93 bits per heavy atom. The summed E-state index contributed by atoms with van der Waals surface area (Å²) in [4.78, 5) is 16.6. The van der Waals surface area contributed by atoms with Crippen molar-refractivity contribution in [1.29, 1.82) is 0 Å². The minimum atomic E-state index is 0.0411. The fraction of sp³-hybridized carbons (Fsp3) is 0.500. The third kappa shape index (κ3) is 2.07. The first kappa shape index (κ1) is 10.2. The SMILES string of the molecule is [C-]#[N+]c1nc(N)nc(N(CC)CC)n1. The van der Waals surface area contributed by atoms with Crippen molar-refractivity contribution in [3.63, 3.8) is 0 Å². The van der Waals surface area contributed by atoms with Crippen molar-refractivity contribution < 1.29 is 0 Å². The quantitative estimate of drug-likeness (QED) is 0.719. The van der Waals surface area contributed by atoms with E-state index in [1.54, 1.807) is 0 Å². The van der Waals surface area contributed by atoms with Crippen LogP contribution in [0.5, 0.6) is 0 Å². The zero-order valence-electron chi connectivity index (χ0n) is 8.23. The Hall–Kier alpha value is -1.90. The summed E-state index contributed by atoms with van der Waals surface area (Å²) in [6.07, 6.45) is 0. The van der Waals surface area contributed by atoms with Gasteiger partial charge in [0.05, 0.1) is 0 Å². The molecule has 1 aromatic heterocycles. The van der Waals surface area contributed by atoms with Crippen LogP contribution in [0.4, 0.5) is 17.8 Å². The number of hydrogen-bond acceptors (Lipinski definition) is 5. The zero-order valence-corrected chi connectivity index (χ0v) is 8.23. The topological polar surface area (TPSA) is 72.3 Å². The van der Waals surface area contributed by atoms with E-state index in [1.165, 1.54) is 0 Å². The second kappa shape index (κ2) is 4.37. The molecule has 6 nitrogen and oxygen atoms in total. The summed E-state index contributed by atoms with van der Waals surface area (Å²) >= 11 is 0. The fourth-order valence-electron chi connectivity index (χ4n) is 1.07. The monoisotopic (exact) mass is 192 g/mol. The van der Waals surface area contributed by atoms with E-state index in [1.807, 2.05) is 18.7 Å². The predicted octanol–water partition coefficient (Wildman–Crippen LogP) is 0.851. The molecule has 1 rings (SSSR count). The van der Waals surface area contributed by atoms with Crippen molar-refractivity contribution in [2.24, 2.45) is 0 Å². The van der Waals surface area contributed by atoms with E-state index in [0.717, 1.165) is 13.1 Å². The number of rotatable bonds is 3. The van der Waals surface area contributed by atoms with Gasteiger partial charge >= 0.3 is 5.95 Å². The first-order chi connectivity index (χ1) is 6.71. The lowest BCUT2D eigenvalue weighted by Crippen LogP contribution is -2.24. The van der Waals surface area contributed by atoms with Crippen LogP contribution < -0.4 is 10.6 Å². The minimum absolute atomic E-state index is 0.0411. The molecule has 0 aromatic carbocycles. The molecule has 0 bridgehead atoms. The maximum absolute atomic E-state index is 6.79. The van der Waals surface area contributed by atoms with Crippen LogP contribution in [0.25, 0.3) is 4.85 Å². The molecule has 0 unspecified atom stereocenters. The van der Waals surface area contributed by atoms with Crippen molar-refractivity contribution in [2.45, 2.75) is 13.8 Å². The number of anilines is 2. The van der Waals surface area contributed by atoms with Crippen LogP contribution in [0.15, 0.2) is 0 Å². The molecule has 2 N–H and O–H groups in total. The van der Waals surface area contributed by atoms with Gasteiger partial charge in [-0.15, -0.1) is 21.5 Å². The lowest BCUT2D eigenvalue weighted by molar-refractivity contribution is 0.818. The zero-order chi connectivity index (χ0) is 10.6. The van der Waals surface area contributed by atoms with E-state index < -0.39 is 0 Å². The van der Waals surface area contributed by atoms with Crippen molar-refractivity contribution in [3.05, 3.63) is 11.4 Å². The second-order valence-corrected chi connectivity index (χ2v) is 2.58. The molecule has 14 heavy (non-hydrogen) atoms. The maximum atomic E-state index is 6.79. The number of nitrogen functional groups attached to an aromatic ring is 1. The van der Waals surface area contributed by atoms with Crippen LogP contribution >= 0.6 is 0 Å². The molecule has 0 spiro atoms. The number of nitrogens with two attached hydrogens (primary N) is 1. The Bertz CT molecular complexity index is 351. The molecule has 0 amide bonds. The highest BCUT2D eigenvalue weighted by Gasteiger charge is 2.11. The number of nitrogens with zero attached hydrogens (tertiary/aromatic N) is 5. The van der Waals surface area contributed by atoms with Crippen molar-refractivity contribution in [1.82, 2.24) is 15.0 Å². The Balaban J connectivity index is 3.09. The average Bonchev–Trinajstić information content (AvgIpc) is 2.19. The van der Waals surface area contributed by atoms with E-state index in [4.69, 9.17) is 12.3 Å². The molecule has 6 heteroatoms. The Kier molecular flexibility index (Phi) is 3.18. The highest BCUT2D eigenvalue weighted by atomic mass is 15.3. The Morgan fingerprint density at radius 1 is 1.29 bits per heavy atom. The summed E-state index contributed by atoms with van der Waals surface area (Å²) in [5.74, 6) is 0.598. The van der Waals surface area contributed by atoms with Gasteiger partial charge in [0.15, 0.2) is 0 Å². The van der Waals surface area contributed by atoms with Gasteiger partial charge in [0, 0.05) is 13.1 Å². The molecule has 0 atom stereocenters. The molecule has 0 saturated carbocycles. The van der Waals surface area contributed by atoms with Crippen LogP contribution in [0.1, 0.15) is 13.8 Å². The van der Waals surface area contributed by atoms with E-state index in [0.29, 0.717) is 5.95 Å². The maximum Gasteiger partial charge on any atom is 0.378 e. The Morgan fingerprint density at radius 3 is 2.43 bits per heavy atom. The average molecular weight is 192 g/mol. The van der Waals surface area contributed by atoms with Gasteiger partial charge in [0.1, 0.15) is 0 Å². The molecule has 0 saturated heterocycles. The predicted molar refractivity (Wildman–Crippen MR) is 54.1 cm³/mol. The third-order valence-corrected chi connectivity index (χ3v) is 1.78. The smallest absolute Gasteiger partial charge is 0.378 e. The number of aromatic nitrogens is 3. The summed E-state index contributed by atoms with van der Waals surface area (Å²) in [7, 11) is 0. The first-order valence-corrected chi connectivity index (χ1v) is 4.35. The molecule has 74 valence electrons. The molecule has 1 heterocycles. The summed E-state index contributed by atoms with van der Waals surface area (Å²) in [5.41, 5.74) is 5.45. The van der Waals surface area contributed by atoms with E-state index in [-0.39, 0.29) is 11.9 Å². The standard InChI is InChI=1S/C8H12N6/c1-4-14(5-2)8-12-6(9)11-7(10-3)13-8/h4-5H2,1-2H3,(H2,9,11,12,13). The van der Waals surface area contributed by atoms with Gasteiger partial charge in [-0.05, 0) is 13.8 Å². The van der Waals surface area contributed by atoms with Crippen molar-refractivity contribution in [3.8, 4) is 0 Å². The molecular formula is C8H12N6. The summed E-state index contributed by atoms with van der Waals surface area (Å²) in [6, 6.07) is 0. The first-order valence-electron chi connectivity index (χ1n) is 4.35. The van der Waals surface area contributed by atoms with Crippen LogP contribution in [0.3, 0.4) is 0 Å². The van der Waals surface area contributed by atoms with E-state index in [2.05, 4.69) is 19.8 Å². The van der Waals surface area contributed by atoms with Gasteiger partial charge in [-0.3, -0.25) is 0 Å². The molecule has 0 aliphatic heterocycles. The summed E-state index contributed by atoms with van der Waals surface area (Å²) < 4.78 is 0. The summed E-state index contributed by atoms with van der Waals surface area (Å²) in [6.45, 7) is 12.3. The normalized spacial score (nSPS) is 9.50. The molecule has 0 aliphatic carbocycles. The third-order valence-electron chi connectivity index (χ3n) is 1.78. The van der Waals surface area contributed by atoms with Crippen molar-refractivity contribution >= 4 is 17.8 Å². The van der Waals surface area contributed by atoms with Gasteiger partial charge in [-0.1, -0.05) is 0 Å². The highest BCUT2D eigenvalue weighted by molar-refractivity contribution is 5.41. The molecule has 1 aromatic rings. The van der Waals surface area contributed by atoms with Gasteiger partial charge in [0.25, 0.3) is 11.9 Å². The molecule has 0 aliphatic rings. The van der Waals surface area contributed by atoms with Gasteiger partial charge < -0.3 is 15.5 Å². The van der Waals surface area contributed by atoms with Gasteiger partial charge in [-0.25, -0.2) is 0 Å². The molecular weight excluding hydrogens is 180 g/mol. The van der Waals surface area contributed by atoms with Crippen LogP contribution in [-0.4, -0.2) is 28.0 Å². The van der Waals surface area contributed by atoms with Crippen LogP contribution in [0.2, 0.25) is 0 Å². The van der Waals surface area contributed by atoms with E-state index in [9.17, 15) is 0 Å². The van der Waals surface area contributed by atoms with Gasteiger partial charge in [-0.2, -0.15) is 0 Å². The number of hydrogen-bond donors (Lipinski definition) is 1. The van der Waals surface area contributed by atoms with E-state index >= 15 is 0 Å². The van der Waals surface area contributed by atoms with Crippen LogP contribution in [0, 0.1) is 6.57 Å². The largest absolute Gasteiger partial charge is 0.394 e. The molecule has 0 fully saturated rings. The van der Waals surface area contributed by atoms with Crippen LogP contribution in [-0.2, 0) is 0 Å². The second-order valence-electron chi connectivity index (χ2n) is 2.58. The minimum Gasteiger partial charge on any atom is -0.394 e. The highest BCUT2D eigenvalue weighted by Crippen LogP contribution is 2.12. The lowest BCUT2D eigenvalue weighted by atomic mass is 10.5. The van der Waals surface area contributed by atoms with Crippen molar-refractivity contribution in [2.75, 3.05) is 23.7 Å².